The number of fused-ring (bicyclic) bond motifs is 1. The van der Waals surface area contributed by atoms with E-state index in [1.165, 1.54) is 16.7 Å². The molecule has 0 unspecified atom stereocenters. The number of amides is 2. The van der Waals surface area contributed by atoms with Gasteiger partial charge in [-0.25, -0.2) is 0 Å². The molecule has 0 aliphatic carbocycles. The fraction of sp³-hybridized carbons (Fsp3) is 0.448. The van der Waals surface area contributed by atoms with Crippen LogP contribution < -0.4 is 4.74 Å². The van der Waals surface area contributed by atoms with E-state index in [0.717, 1.165) is 24.2 Å². The van der Waals surface area contributed by atoms with Crippen molar-refractivity contribution in [1.29, 1.82) is 0 Å². The number of hydrogen-bond donors (Lipinski definition) is 0. The molecule has 1 aliphatic heterocycles. The molecule has 3 heterocycles. The SMILES string of the molecule is CC[C@H](C)CN(CC(=O)N1CCc2sccc2[C@H]1COc1ccc(C(C)C)cc1)C(=O)c1ccco1. The predicted molar refractivity (Wildman–Crippen MR) is 143 cm³/mol. The van der Waals surface area contributed by atoms with E-state index in [-0.39, 0.29) is 36.1 Å². The maximum absolute atomic E-state index is 13.7. The highest BCUT2D eigenvalue weighted by molar-refractivity contribution is 7.10. The van der Waals surface area contributed by atoms with Gasteiger partial charge >= 0.3 is 0 Å². The molecule has 0 radical (unpaired) electrons. The summed E-state index contributed by atoms with van der Waals surface area (Å²) in [6, 6.07) is 13.4. The number of ether oxygens (including phenoxy) is 1. The van der Waals surface area contributed by atoms with Gasteiger partial charge in [-0.1, -0.05) is 46.2 Å². The van der Waals surface area contributed by atoms with Crippen molar-refractivity contribution >= 4 is 23.2 Å². The zero-order valence-corrected chi connectivity index (χ0v) is 22.4. The summed E-state index contributed by atoms with van der Waals surface area (Å²) in [6.45, 7) is 10.0. The molecule has 1 aromatic carbocycles. The van der Waals surface area contributed by atoms with E-state index in [4.69, 9.17) is 9.15 Å². The van der Waals surface area contributed by atoms with Crippen molar-refractivity contribution in [3.05, 3.63) is 75.9 Å². The van der Waals surface area contributed by atoms with Crippen LogP contribution in [0.1, 0.15) is 72.6 Å². The van der Waals surface area contributed by atoms with Gasteiger partial charge in [-0.3, -0.25) is 9.59 Å². The molecule has 0 bridgehead atoms. The summed E-state index contributed by atoms with van der Waals surface area (Å²) in [5.74, 6) is 1.46. The lowest BCUT2D eigenvalue weighted by molar-refractivity contribution is -0.135. The molecule has 0 spiro atoms. The summed E-state index contributed by atoms with van der Waals surface area (Å²) >= 11 is 1.73. The molecule has 0 fully saturated rings. The van der Waals surface area contributed by atoms with Crippen LogP contribution in [0.3, 0.4) is 0 Å². The molecule has 3 aromatic rings. The van der Waals surface area contributed by atoms with E-state index in [2.05, 4.69) is 51.3 Å². The lowest BCUT2D eigenvalue weighted by Crippen LogP contribution is -2.48. The minimum atomic E-state index is -0.250. The third kappa shape index (κ3) is 6.01. The van der Waals surface area contributed by atoms with Gasteiger partial charge < -0.3 is 19.0 Å². The molecule has 7 heteroatoms. The smallest absolute Gasteiger partial charge is 0.290 e. The number of hydrogen-bond acceptors (Lipinski definition) is 5. The van der Waals surface area contributed by atoms with E-state index in [1.54, 1.807) is 28.4 Å². The minimum absolute atomic E-state index is 0.0168. The van der Waals surface area contributed by atoms with Gasteiger partial charge in [0.2, 0.25) is 5.91 Å². The first-order valence-electron chi connectivity index (χ1n) is 12.8. The number of furan rings is 1. The van der Waals surface area contributed by atoms with E-state index in [0.29, 0.717) is 25.6 Å². The average Bonchev–Trinajstić information content (AvgIpc) is 3.59. The summed E-state index contributed by atoms with van der Waals surface area (Å²) in [6.07, 6.45) is 3.22. The highest BCUT2D eigenvalue weighted by Gasteiger charge is 2.34. The molecular weight excluding hydrogens is 472 g/mol. The third-order valence-corrected chi connectivity index (χ3v) is 7.94. The summed E-state index contributed by atoms with van der Waals surface area (Å²) < 4.78 is 11.5. The second-order valence-electron chi connectivity index (χ2n) is 9.86. The van der Waals surface area contributed by atoms with Gasteiger partial charge in [0, 0.05) is 18.0 Å². The molecule has 4 rings (SSSR count). The highest BCUT2D eigenvalue weighted by Crippen LogP contribution is 2.34. The minimum Gasteiger partial charge on any atom is -0.491 e. The zero-order valence-electron chi connectivity index (χ0n) is 21.6. The Balaban J connectivity index is 1.51. The molecule has 6 nitrogen and oxygen atoms in total. The molecule has 1 aliphatic rings. The molecule has 2 atom stereocenters. The van der Waals surface area contributed by atoms with E-state index >= 15 is 0 Å². The number of nitrogens with zero attached hydrogens (tertiary/aromatic N) is 2. The van der Waals surface area contributed by atoms with Gasteiger partial charge in [-0.15, -0.1) is 11.3 Å². The normalized spacial score (nSPS) is 16.0. The van der Waals surface area contributed by atoms with Gasteiger partial charge in [-0.05, 0) is 65.1 Å². The monoisotopic (exact) mass is 508 g/mol. The summed E-state index contributed by atoms with van der Waals surface area (Å²) in [7, 11) is 0. The maximum atomic E-state index is 13.7. The fourth-order valence-electron chi connectivity index (χ4n) is 4.53. The summed E-state index contributed by atoms with van der Waals surface area (Å²) in [4.78, 5) is 31.6. The number of carbonyl (C=O) groups excluding carboxylic acids is 2. The van der Waals surface area contributed by atoms with E-state index < -0.39 is 0 Å². The molecule has 2 aromatic heterocycles. The van der Waals surface area contributed by atoms with Crippen molar-refractivity contribution in [2.45, 2.75) is 52.5 Å². The first-order valence-corrected chi connectivity index (χ1v) is 13.7. The largest absolute Gasteiger partial charge is 0.491 e. The highest BCUT2D eigenvalue weighted by atomic mass is 32.1. The Morgan fingerprint density at radius 1 is 1.17 bits per heavy atom. The van der Waals surface area contributed by atoms with Crippen molar-refractivity contribution in [2.75, 3.05) is 26.2 Å². The summed E-state index contributed by atoms with van der Waals surface area (Å²) in [5, 5.41) is 2.08. The molecule has 0 saturated carbocycles. The second kappa shape index (κ2) is 11.8. The topological polar surface area (TPSA) is 63.0 Å². The number of rotatable bonds is 10. The van der Waals surface area contributed by atoms with Crippen LogP contribution in [0.4, 0.5) is 0 Å². The molecule has 0 saturated heterocycles. The van der Waals surface area contributed by atoms with Crippen LogP contribution >= 0.6 is 11.3 Å². The van der Waals surface area contributed by atoms with Crippen molar-refractivity contribution in [2.24, 2.45) is 5.92 Å². The van der Waals surface area contributed by atoms with Crippen LogP contribution in [-0.4, -0.2) is 47.9 Å². The van der Waals surface area contributed by atoms with Gasteiger partial charge in [0.1, 0.15) is 18.9 Å². The quantitative estimate of drug-likeness (QED) is 0.329. The average molecular weight is 509 g/mol. The molecular formula is C29H36N2O4S. The first-order chi connectivity index (χ1) is 17.4. The Bertz CT molecular complexity index is 1140. The molecule has 0 N–H and O–H groups in total. The van der Waals surface area contributed by atoms with Crippen molar-refractivity contribution in [3.63, 3.8) is 0 Å². The zero-order chi connectivity index (χ0) is 25.7. The Morgan fingerprint density at radius 2 is 1.94 bits per heavy atom. The predicted octanol–water partition coefficient (Wildman–Crippen LogP) is 6.16. The number of benzene rings is 1. The lowest BCUT2D eigenvalue weighted by atomic mass is 10.00. The lowest BCUT2D eigenvalue weighted by Gasteiger charge is -2.37. The Kier molecular flexibility index (Phi) is 8.52. The number of thiophene rings is 1. The van der Waals surface area contributed by atoms with Crippen molar-refractivity contribution in [1.82, 2.24) is 9.80 Å². The first kappa shape index (κ1) is 26.0. The van der Waals surface area contributed by atoms with Gasteiger partial charge in [0.25, 0.3) is 5.91 Å². The van der Waals surface area contributed by atoms with Crippen LogP contribution in [0.25, 0.3) is 0 Å². The number of carbonyl (C=O) groups is 2. The van der Waals surface area contributed by atoms with E-state index in [9.17, 15) is 9.59 Å². The molecule has 2 amide bonds. The van der Waals surface area contributed by atoms with Crippen LogP contribution in [0, 0.1) is 5.92 Å². The van der Waals surface area contributed by atoms with Crippen molar-refractivity contribution < 1.29 is 18.7 Å². The van der Waals surface area contributed by atoms with E-state index in [1.807, 2.05) is 17.0 Å². The standard InChI is InChI=1S/C29H36N2O4S/c1-5-21(4)17-30(29(33)26-7-6-15-34-26)18-28(32)31-14-12-27-24(13-16-36-27)25(31)19-35-23-10-8-22(9-11-23)20(2)3/h6-11,13,15-16,20-21,25H,5,12,14,17-19H2,1-4H3/t21-,25+/m0/s1. The second-order valence-corrected chi connectivity index (χ2v) is 10.9. The van der Waals surface area contributed by atoms with Gasteiger partial charge in [0.05, 0.1) is 12.3 Å². The fourth-order valence-corrected chi connectivity index (χ4v) is 5.46. The van der Waals surface area contributed by atoms with Gasteiger partial charge in [-0.2, -0.15) is 0 Å². The van der Waals surface area contributed by atoms with Crippen LogP contribution in [0.5, 0.6) is 5.75 Å². The van der Waals surface area contributed by atoms with Crippen LogP contribution in [0.15, 0.2) is 58.5 Å². The Labute approximate surface area is 217 Å². The Hall–Kier alpha value is -3.06. The summed E-state index contributed by atoms with van der Waals surface area (Å²) in [5.41, 5.74) is 2.41. The van der Waals surface area contributed by atoms with Crippen LogP contribution in [0.2, 0.25) is 0 Å². The molecule has 192 valence electrons. The van der Waals surface area contributed by atoms with Crippen LogP contribution in [-0.2, 0) is 11.2 Å². The third-order valence-electron chi connectivity index (χ3n) is 6.94. The van der Waals surface area contributed by atoms with Gasteiger partial charge in [0.15, 0.2) is 5.76 Å². The Morgan fingerprint density at radius 3 is 2.61 bits per heavy atom. The van der Waals surface area contributed by atoms with Crippen molar-refractivity contribution in [3.8, 4) is 5.75 Å². The maximum Gasteiger partial charge on any atom is 0.290 e. The molecule has 36 heavy (non-hydrogen) atoms.